The van der Waals surface area contributed by atoms with E-state index in [-0.39, 0.29) is 12.1 Å². The predicted octanol–water partition coefficient (Wildman–Crippen LogP) is 3.91. The maximum atomic E-state index is 12.7. The molecule has 1 saturated heterocycles. The van der Waals surface area contributed by atoms with E-state index in [9.17, 15) is 4.79 Å². The summed E-state index contributed by atoms with van der Waals surface area (Å²) < 4.78 is 13.2. The van der Waals surface area contributed by atoms with Crippen LogP contribution in [0.3, 0.4) is 0 Å². The van der Waals surface area contributed by atoms with Crippen molar-refractivity contribution in [2.75, 3.05) is 27.3 Å². The summed E-state index contributed by atoms with van der Waals surface area (Å²) in [6, 6.07) is 4.95. The molecule has 2 heterocycles. The van der Waals surface area contributed by atoms with E-state index in [1.807, 2.05) is 11.1 Å². The highest BCUT2D eigenvalue weighted by atomic mass is 16.5. The maximum absolute atomic E-state index is 12.7. The number of piperidine rings is 1. The van der Waals surface area contributed by atoms with Crippen molar-refractivity contribution in [2.24, 2.45) is 0 Å². The summed E-state index contributed by atoms with van der Waals surface area (Å²) in [7, 11) is 3.50. The zero-order chi connectivity index (χ0) is 21.1. The highest BCUT2D eigenvalue weighted by molar-refractivity contribution is 5.86. The number of rotatable bonds is 5. The number of aryl methyl sites for hydroxylation is 1. The van der Waals surface area contributed by atoms with Crippen molar-refractivity contribution in [3.8, 4) is 5.75 Å². The molecule has 1 N–H and O–H groups in total. The first-order valence-corrected chi connectivity index (χ1v) is 11.3. The Balaban J connectivity index is 1.36. The van der Waals surface area contributed by atoms with Gasteiger partial charge in [0, 0.05) is 26.2 Å². The first kappa shape index (κ1) is 21.0. The number of amides is 2. The van der Waals surface area contributed by atoms with Gasteiger partial charge in [0.2, 0.25) is 0 Å². The van der Waals surface area contributed by atoms with Gasteiger partial charge >= 0.3 is 6.03 Å². The van der Waals surface area contributed by atoms with Crippen LogP contribution in [0.5, 0.6) is 5.75 Å². The molecule has 4 rings (SSSR count). The second kappa shape index (κ2) is 9.25. The average molecular weight is 415 g/mol. The molecule has 0 spiro atoms. The highest BCUT2D eigenvalue weighted by Gasteiger charge is 2.28. The minimum absolute atomic E-state index is 0.0777. The van der Waals surface area contributed by atoms with Gasteiger partial charge in [-0.1, -0.05) is 13.0 Å². The van der Waals surface area contributed by atoms with Crippen molar-refractivity contribution in [2.45, 2.75) is 70.1 Å². The van der Waals surface area contributed by atoms with E-state index in [0.717, 1.165) is 74.7 Å². The fourth-order valence-electron chi connectivity index (χ4n) is 4.97. The van der Waals surface area contributed by atoms with E-state index in [1.165, 1.54) is 5.56 Å². The number of nitrogens with one attached hydrogen (secondary N) is 1. The van der Waals surface area contributed by atoms with Crippen LogP contribution in [0, 0.1) is 0 Å². The molecule has 7 heteroatoms. The van der Waals surface area contributed by atoms with Gasteiger partial charge in [0.05, 0.1) is 36.4 Å². The smallest absolute Gasteiger partial charge is 0.317 e. The van der Waals surface area contributed by atoms with Crippen molar-refractivity contribution < 1.29 is 14.3 Å². The Hall–Kier alpha value is -2.28. The Kier molecular flexibility index (Phi) is 6.46. The van der Waals surface area contributed by atoms with Crippen LogP contribution in [-0.4, -0.2) is 60.2 Å². The Labute approximate surface area is 178 Å². The Bertz CT molecular complexity index is 865. The second-order valence-corrected chi connectivity index (χ2v) is 8.51. The number of hydrogen-bond donors (Lipinski definition) is 1. The van der Waals surface area contributed by atoms with Crippen LogP contribution < -0.4 is 10.1 Å². The SMILES string of the molecule is CCc1ccc2c(cnn2C2CCN(C(=O)NC3CCC(OC)CC3)CC2)c1OC. The van der Waals surface area contributed by atoms with Crippen molar-refractivity contribution in [1.82, 2.24) is 20.0 Å². The number of benzene rings is 1. The highest BCUT2D eigenvalue weighted by Crippen LogP contribution is 2.33. The van der Waals surface area contributed by atoms with Gasteiger partial charge in [0.25, 0.3) is 0 Å². The summed E-state index contributed by atoms with van der Waals surface area (Å²) in [6.45, 7) is 3.66. The molecule has 1 aliphatic heterocycles. The summed E-state index contributed by atoms with van der Waals surface area (Å²) in [5.41, 5.74) is 2.32. The average Bonchev–Trinajstić information content (AvgIpc) is 3.23. The third-order valence-corrected chi connectivity index (χ3v) is 6.83. The zero-order valence-corrected chi connectivity index (χ0v) is 18.4. The lowest BCUT2D eigenvalue weighted by Gasteiger charge is -2.35. The molecule has 0 bridgehead atoms. The fraction of sp³-hybridized carbons (Fsp3) is 0.652. The van der Waals surface area contributed by atoms with Crippen LogP contribution in [0.4, 0.5) is 4.79 Å². The lowest BCUT2D eigenvalue weighted by atomic mass is 9.93. The molecule has 2 amide bonds. The van der Waals surface area contributed by atoms with Gasteiger partial charge in [-0.05, 0) is 56.6 Å². The molecule has 1 aliphatic carbocycles. The fourth-order valence-corrected chi connectivity index (χ4v) is 4.97. The number of methoxy groups -OCH3 is 2. The number of ether oxygens (including phenoxy) is 2. The monoisotopic (exact) mass is 414 g/mol. The van der Waals surface area contributed by atoms with Crippen LogP contribution in [0.1, 0.15) is 57.1 Å². The third-order valence-electron chi connectivity index (χ3n) is 6.83. The molecule has 164 valence electrons. The van der Waals surface area contributed by atoms with Crippen LogP contribution in [0.15, 0.2) is 18.3 Å². The minimum atomic E-state index is 0.0777. The third kappa shape index (κ3) is 4.13. The van der Waals surface area contributed by atoms with Gasteiger partial charge < -0.3 is 19.7 Å². The van der Waals surface area contributed by atoms with E-state index in [0.29, 0.717) is 12.1 Å². The van der Waals surface area contributed by atoms with Gasteiger partial charge in [-0.2, -0.15) is 5.10 Å². The standard InChI is InChI=1S/C23H34N4O3/c1-4-16-5-10-21-20(22(16)30-3)15-24-27(21)18-11-13-26(14-12-18)23(28)25-17-6-8-19(29-2)9-7-17/h5,10,15,17-19H,4,6-9,11-14H2,1-3H3,(H,25,28). The van der Waals surface area contributed by atoms with Crippen molar-refractivity contribution in [1.29, 1.82) is 0 Å². The number of hydrogen-bond acceptors (Lipinski definition) is 4. The molecular weight excluding hydrogens is 380 g/mol. The van der Waals surface area contributed by atoms with Gasteiger partial charge in [0.1, 0.15) is 5.75 Å². The van der Waals surface area contributed by atoms with Crippen LogP contribution >= 0.6 is 0 Å². The normalized spacial score (nSPS) is 23.0. The topological polar surface area (TPSA) is 68.6 Å². The molecule has 1 aromatic heterocycles. The number of aromatic nitrogens is 2. The molecule has 7 nitrogen and oxygen atoms in total. The van der Waals surface area contributed by atoms with Crippen LogP contribution in [0.2, 0.25) is 0 Å². The maximum Gasteiger partial charge on any atom is 0.317 e. The van der Waals surface area contributed by atoms with Gasteiger partial charge in [0.15, 0.2) is 0 Å². The Morgan fingerprint density at radius 2 is 1.87 bits per heavy atom. The lowest BCUT2D eigenvalue weighted by Crippen LogP contribution is -2.49. The number of urea groups is 1. The van der Waals surface area contributed by atoms with E-state index in [2.05, 4.69) is 34.2 Å². The van der Waals surface area contributed by atoms with Crippen molar-refractivity contribution in [3.05, 3.63) is 23.9 Å². The number of nitrogens with zero attached hydrogens (tertiary/aromatic N) is 3. The first-order chi connectivity index (χ1) is 14.6. The molecule has 0 unspecified atom stereocenters. The second-order valence-electron chi connectivity index (χ2n) is 8.51. The molecule has 1 saturated carbocycles. The van der Waals surface area contributed by atoms with E-state index in [4.69, 9.17) is 9.47 Å². The number of fused-ring (bicyclic) bond motifs is 1. The lowest BCUT2D eigenvalue weighted by molar-refractivity contribution is 0.0624. The minimum Gasteiger partial charge on any atom is -0.496 e. The van der Waals surface area contributed by atoms with E-state index >= 15 is 0 Å². The van der Waals surface area contributed by atoms with Gasteiger partial charge in [-0.15, -0.1) is 0 Å². The van der Waals surface area contributed by atoms with Crippen LogP contribution in [0.25, 0.3) is 10.9 Å². The number of carbonyl (C=O) groups excluding carboxylic acids is 1. The largest absolute Gasteiger partial charge is 0.496 e. The molecule has 30 heavy (non-hydrogen) atoms. The Morgan fingerprint density at radius 3 is 2.50 bits per heavy atom. The molecule has 2 aliphatic rings. The van der Waals surface area contributed by atoms with Gasteiger partial charge in [-0.25, -0.2) is 4.79 Å². The van der Waals surface area contributed by atoms with Crippen molar-refractivity contribution in [3.63, 3.8) is 0 Å². The molecule has 0 radical (unpaired) electrons. The molecular formula is C23H34N4O3. The molecule has 2 aromatic rings. The zero-order valence-electron chi connectivity index (χ0n) is 18.4. The number of carbonyl (C=O) groups is 1. The Morgan fingerprint density at radius 1 is 1.13 bits per heavy atom. The summed E-state index contributed by atoms with van der Waals surface area (Å²) in [5.74, 6) is 0.932. The summed E-state index contributed by atoms with van der Waals surface area (Å²) in [6.07, 6.45) is 9.09. The molecule has 2 fully saturated rings. The van der Waals surface area contributed by atoms with Crippen LogP contribution in [-0.2, 0) is 11.2 Å². The van der Waals surface area contributed by atoms with E-state index < -0.39 is 0 Å². The molecule has 1 aromatic carbocycles. The molecule has 0 atom stereocenters. The first-order valence-electron chi connectivity index (χ1n) is 11.3. The number of likely N-dealkylation sites (tertiary alicyclic amines) is 1. The summed E-state index contributed by atoms with van der Waals surface area (Å²) in [4.78, 5) is 14.7. The summed E-state index contributed by atoms with van der Waals surface area (Å²) in [5, 5.41) is 8.99. The van der Waals surface area contributed by atoms with Gasteiger partial charge in [-0.3, -0.25) is 4.68 Å². The van der Waals surface area contributed by atoms with E-state index in [1.54, 1.807) is 14.2 Å². The predicted molar refractivity (Wildman–Crippen MR) is 117 cm³/mol. The summed E-state index contributed by atoms with van der Waals surface area (Å²) >= 11 is 0. The van der Waals surface area contributed by atoms with Crippen molar-refractivity contribution >= 4 is 16.9 Å². The quantitative estimate of drug-likeness (QED) is 0.805.